The summed E-state index contributed by atoms with van der Waals surface area (Å²) in [6, 6.07) is 0. The molecule has 0 aromatic heterocycles. The predicted molar refractivity (Wildman–Crippen MR) is 61.6 cm³/mol. The molecule has 0 saturated heterocycles. The van der Waals surface area contributed by atoms with Gasteiger partial charge in [0.05, 0.1) is 5.60 Å². The Kier molecular flexibility index (Phi) is 7.15. The smallest absolute Gasteiger partial charge is 0.0715 e. The highest BCUT2D eigenvalue weighted by Gasteiger charge is 2.10. The molecule has 0 fully saturated rings. The number of hydrogen-bond acceptors (Lipinski definition) is 3. The number of rotatable bonds is 8. The van der Waals surface area contributed by atoms with E-state index < -0.39 is 5.60 Å². The lowest BCUT2D eigenvalue weighted by atomic mass is 10.1. The van der Waals surface area contributed by atoms with Gasteiger partial charge in [0.1, 0.15) is 0 Å². The molecular formula is C11H26N2O. The zero-order chi connectivity index (χ0) is 11.0. The molecule has 0 atom stereocenters. The Morgan fingerprint density at radius 2 is 1.79 bits per heavy atom. The van der Waals surface area contributed by atoms with E-state index in [9.17, 15) is 5.11 Å². The van der Waals surface area contributed by atoms with Crippen molar-refractivity contribution in [1.29, 1.82) is 0 Å². The van der Waals surface area contributed by atoms with Crippen LogP contribution in [0.4, 0.5) is 0 Å². The fourth-order valence-electron chi connectivity index (χ4n) is 1.36. The molecule has 0 spiro atoms. The lowest BCUT2D eigenvalue weighted by molar-refractivity contribution is 0.0797. The standard InChI is InChI=1S/C11H26N2O/c1-5-13(6-2)9-7-8-12-10-11(3,4)14/h12,14H,5-10H2,1-4H3. The van der Waals surface area contributed by atoms with Gasteiger partial charge in [-0.1, -0.05) is 13.8 Å². The minimum absolute atomic E-state index is 0.588. The average molecular weight is 202 g/mol. The maximum absolute atomic E-state index is 9.45. The Balaban J connectivity index is 3.29. The zero-order valence-corrected chi connectivity index (χ0v) is 10.1. The molecule has 86 valence electrons. The Morgan fingerprint density at radius 3 is 2.21 bits per heavy atom. The summed E-state index contributed by atoms with van der Waals surface area (Å²) in [6.07, 6.45) is 1.15. The first-order valence-electron chi connectivity index (χ1n) is 5.65. The van der Waals surface area contributed by atoms with Crippen molar-refractivity contribution in [2.75, 3.05) is 32.7 Å². The Labute approximate surface area is 88.5 Å². The molecule has 14 heavy (non-hydrogen) atoms. The third-order valence-corrected chi connectivity index (χ3v) is 2.28. The van der Waals surface area contributed by atoms with Crippen LogP contribution in [0.5, 0.6) is 0 Å². The van der Waals surface area contributed by atoms with Gasteiger partial charge in [0.25, 0.3) is 0 Å². The maximum Gasteiger partial charge on any atom is 0.0715 e. The molecule has 0 radical (unpaired) electrons. The third kappa shape index (κ3) is 8.48. The van der Waals surface area contributed by atoms with Crippen molar-refractivity contribution in [2.45, 2.75) is 39.7 Å². The van der Waals surface area contributed by atoms with Crippen molar-refractivity contribution < 1.29 is 5.11 Å². The molecule has 0 aromatic rings. The number of nitrogens with zero attached hydrogens (tertiary/aromatic N) is 1. The summed E-state index contributed by atoms with van der Waals surface area (Å²) in [5.41, 5.74) is -0.588. The number of aliphatic hydroxyl groups is 1. The summed E-state index contributed by atoms with van der Waals surface area (Å²) in [7, 11) is 0. The van der Waals surface area contributed by atoms with E-state index in [2.05, 4.69) is 24.1 Å². The van der Waals surface area contributed by atoms with Gasteiger partial charge in [0, 0.05) is 6.54 Å². The number of nitrogens with one attached hydrogen (secondary N) is 1. The minimum atomic E-state index is -0.588. The predicted octanol–water partition coefficient (Wildman–Crippen LogP) is 1.08. The second-order valence-electron chi connectivity index (χ2n) is 4.37. The molecule has 0 saturated carbocycles. The molecule has 3 nitrogen and oxygen atoms in total. The summed E-state index contributed by atoms with van der Waals surface area (Å²) in [6.45, 7) is 13.1. The van der Waals surface area contributed by atoms with E-state index in [1.807, 2.05) is 13.8 Å². The normalized spacial score (nSPS) is 12.4. The van der Waals surface area contributed by atoms with E-state index in [4.69, 9.17) is 0 Å². The van der Waals surface area contributed by atoms with E-state index in [0.29, 0.717) is 6.54 Å². The SMILES string of the molecule is CCN(CC)CCCNCC(C)(C)O. The van der Waals surface area contributed by atoms with Gasteiger partial charge >= 0.3 is 0 Å². The highest BCUT2D eigenvalue weighted by atomic mass is 16.3. The molecule has 0 amide bonds. The van der Waals surface area contributed by atoms with Gasteiger partial charge in [-0.25, -0.2) is 0 Å². The first-order valence-corrected chi connectivity index (χ1v) is 5.65. The van der Waals surface area contributed by atoms with Crippen LogP contribution < -0.4 is 5.32 Å². The largest absolute Gasteiger partial charge is 0.389 e. The quantitative estimate of drug-likeness (QED) is 0.578. The molecule has 2 N–H and O–H groups in total. The highest BCUT2D eigenvalue weighted by Crippen LogP contribution is 1.97. The third-order valence-electron chi connectivity index (χ3n) is 2.28. The van der Waals surface area contributed by atoms with Crippen molar-refractivity contribution in [3.8, 4) is 0 Å². The Hall–Kier alpha value is -0.120. The number of hydrogen-bond donors (Lipinski definition) is 2. The zero-order valence-electron chi connectivity index (χ0n) is 10.1. The van der Waals surface area contributed by atoms with Gasteiger partial charge in [0.15, 0.2) is 0 Å². The molecule has 0 unspecified atom stereocenters. The van der Waals surface area contributed by atoms with Gasteiger partial charge in [0.2, 0.25) is 0 Å². The summed E-state index contributed by atoms with van der Waals surface area (Å²) in [5, 5.41) is 12.7. The van der Waals surface area contributed by atoms with Crippen LogP contribution in [0, 0.1) is 0 Å². The van der Waals surface area contributed by atoms with Crippen molar-refractivity contribution in [3.05, 3.63) is 0 Å². The van der Waals surface area contributed by atoms with Gasteiger partial charge < -0.3 is 15.3 Å². The van der Waals surface area contributed by atoms with E-state index in [1.165, 1.54) is 0 Å². The van der Waals surface area contributed by atoms with Crippen molar-refractivity contribution in [2.24, 2.45) is 0 Å². The molecule has 3 heteroatoms. The summed E-state index contributed by atoms with van der Waals surface area (Å²) < 4.78 is 0. The fraction of sp³-hybridized carbons (Fsp3) is 1.00. The monoisotopic (exact) mass is 202 g/mol. The van der Waals surface area contributed by atoms with E-state index >= 15 is 0 Å². The molecular weight excluding hydrogens is 176 g/mol. The van der Waals surface area contributed by atoms with Gasteiger partial charge in [-0.3, -0.25) is 0 Å². The molecule has 0 heterocycles. The second kappa shape index (κ2) is 7.21. The highest BCUT2D eigenvalue weighted by molar-refractivity contribution is 4.68. The van der Waals surface area contributed by atoms with Gasteiger partial charge in [-0.15, -0.1) is 0 Å². The summed E-state index contributed by atoms with van der Waals surface area (Å²) in [5.74, 6) is 0. The van der Waals surface area contributed by atoms with Crippen molar-refractivity contribution in [1.82, 2.24) is 10.2 Å². The van der Waals surface area contributed by atoms with Crippen LogP contribution in [0.1, 0.15) is 34.1 Å². The van der Waals surface area contributed by atoms with Crippen LogP contribution >= 0.6 is 0 Å². The molecule has 0 aliphatic heterocycles. The lowest BCUT2D eigenvalue weighted by Gasteiger charge is -2.20. The topological polar surface area (TPSA) is 35.5 Å². The maximum atomic E-state index is 9.45. The van der Waals surface area contributed by atoms with Crippen LogP contribution in [0.2, 0.25) is 0 Å². The minimum Gasteiger partial charge on any atom is -0.389 e. The molecule has 0 aliphatic carbocycles. The Bertz CT molecular complexity index is 128. The first-order chi connectivity index (χ1) is 6.49. The van der Waals surface area contributed by atoms with Crippen molar-refractivity contribution in [3.63, 3.8) is 0 Å². The van der Waals surface area contributed by atoms with E-state index in [1.54, 1.807) is 0 Å². The van der Waals surface area contributed by atoms with Crippen LogP contribution in [0.25, 0.3) is 0 Å². The average Bonchev–Trinajstić information content (AvgIpc) is 2.09. The second-order valence-corrected chi connectivity index (χ2v) is 4.37. The van der Waals surface area contributed by atoms with Crippen molar-refractivity contribution >= 4 is 0 Å². The Morgan fingerprint density at radius 1 is 1.21 bits per heavy atom. The summed E-state index contributed by atoms with van der Waals surface area (Å²) in [4.78, 5) is 2.41. The van der Waals surface area contributed by atoms with E-state index in [0.717, 1.165) is 32.6 Å². The van der Waals surface area contributed by atoms with Crippen LogP contribution in [-0.4, -0.2) is 48.3 Å². The van der Waals surface area contributed by atoms with Crippen LogP contribution in [0.15, 0.2) is 0 Å². The van der Waals surface area contributed by atoms with Crippen LogP contribution in [0.3, 0.4) is 0 Å². The molecule has 0 bridgehead atoms. The van der Waals surface area contributed by atoms with E-state index in [-0.39, 0.29) is 0 Å². The van der Waals surface area contributed by atoms with Gasteiger partial charge in [-0.05, 0) is 46.4 Å². The molecule has 0 rings (SSSR count). The van der Waals surface area contributed by atoms with Gasteiger partial charge in [-0.2, -0.15) is 0 Å². The summed E-state index contributed by atoms with van der Waals surface area (Å²) >= 11 is 0. The van der Waals surface area contributed by atoms with Crippen LogP contribution in [-0.2, 0) is 0 Å². The molecule has 0 aliphatic rings. The molecule has 0 aromatic carbocycles. The lowest BCUT2D eigenvalue weighted by Crippen LogP contribution is -2.36. The fourth-order valence-corrected chi connectivity index (χ4v) is 1.36. The first kappa shape index (κ1) is 13.9.